The molecular formula is C16H17ClN2O. The second kappa shape index (κ2) is 7.08. The first-order valence-electron chi connectivity index (χ1n) is 6.44. The maximum absolute atomic E-state index is 9.04. The molecule has 2 aromatic rings. The van der Waals surface area contributed by atoms with E-state index in [1.807, 2.05) is 55.6 Å². The molecule has 3 nitrogen and oxygen atoms in total. The van der Waals surface area contributed by atoms with Crippen LogP contribution < -0.4 is 5.32 Å². The number of aliphatic imine (C=N–C) groups is 1. The van der Waals surface area contributed by atoms with Crippen LogP contribution in [0.5, 0.6) is 0 Å². The topological polar surface area (TPSA) is 44.6 Å². The third-order valence-electron chi connectivity index (χ3n) is 2.92. The summed E-state index contributed by atoms with van der Waals surface area (Å²) in [5.74, 6) is 0. The molecule has 0 aliphatic carbocycles. The first kappa shape index (κ1) is 14.6. The average molecular weight is 289 g/mol. The van der Waals surface area contributed by atoms with Crippen molar-refractivity contribution in [2.75, 3.05) is 25.5 Å². The van der Waals surface area contributed by atoms with Gasteiger partial charge in [-0.05, 0) is 18.2 Å². The van der Waals surface area contributed by atoms with E-state index in [0.717, 1.165) is 22.5 Å². The number of benzene rings is 2. The van der Waals surface area contributed by atoms with Gasteiger partial charge in [0.25, 0.3) is 0 Å². The Kier molecular flexibility index (Phi) is 5.16. The number of nitrogens with zero attached hydrogens (tertiary/aromatic N) is 1. The van der Waals surface area contributed by atoms with Crippen molar-refractivity contribution in [1.29, 1.82) is 0 Å². The number of hydrogen-bond donors (Lipinski definition) is 2. The van der Waals surface area contributed by atoms with Crippen LogP contribution in [0, 0.1) is 0 Å². The summed E-state index contributed by atoms with van der Waals surface area (Å²) in [5, 5.41) is 12.8. The first-order valence-corrected chi connectivity index (χ1v) is 6.82. The molecule has 0 saturated carbocycles. The monoisotopic (exact) mass is 288 g/mol. The maximum atomic E-state index is 9.04. The zero-order valence-electron chi connectivity index (χ0n) is 11.3. The van der Waals surface area contributed by atoms with E-state index in [-0.39, 0.29) is 6.61 Å². The molecule has 0 radical (unpaired) electrons. The van der Waals surface area contributed by atoms with E-state index < -0.39 is 0 Å². The van der Waals surface area contributed by atoms with E-state index in [4.69, 9.17) is 16.7 Å². The Hall–Kier alpha value is -1.84. The smallest absolute Gasteiger partial charge is 0.0741 e. The van der Waals surface area contributed by atoms with Crippen LogP contribution in [0.4, 0.5) is 5.69 Å². The fourth-order valence-corrected chi connectivity index (χ4v) is 2.19. The van der Waals surface area contributed by atoms with E-state index >= 15 is 0 Å². The summed E-state index contributed by atoms with van der Waals surface area (Å²) in [6.45, 7) is 0.381. The highest BCUT2D eigenvalue weighted by Crippen LogP contribution is 2.24. The normalized spacial score (nSPS) is 11.4. The van der Waals surface area contributed by atoms with Crippen molar-refractivity contribution in [3.8, 4) is 0 Å². The number of hydrogen-bond acceptors (Lipinski definition) is 3. The van der Waals surface area contributed by atoms with Gasteiger partial charge in [0.05, 0.1) is 18.9 Å². The molecule has 0 atom stereocenters. The van der Waals surface area contributed by atoms with Gasteiger partial charge in [-0.3, -0.25) is 4.99 Å². The van der Waals surface area contributed by atoms with Crippen molar-refractivity contribution in [2.45, 2.75) is 0 Å². The number of rotatable bonds is 5. The van der Waals surface area contributed by atoms with E-state index in [1.165, 1.54) is 0 Å². The van der Waals surface area contributed by atoms with E-state index in [1.54, 1.807) is 0 Å². The summed E-state index contributed by atoms with van der Waals surface area (Å²) in [6, 6.07) is 15.5. The van der Waals surface area contributed by atoms with Crippen LogP contribution in [0.25, 0.3) is 0 Å². The fourth-order valence-electron chi connectivity index (χ4n) is 2.02. The van der Waals surface area contributed by atoms with Gasteiger partial charge in [0.1, 0.15) is 0 Å². The van der Waals surface area contributed by atoms with E-state index in [2.05, 4.69) is 10.3 Å². The minimum atomic E-state index is 0.0196. The lowest BCUT2D eigenvalue weighted by molar-refractivity contribution is 0.307. The van der Waals surface area contributed by atoms with Crippen molar-refractivity contribution < 1.29 is 5.11 Å². The summed E-state index contributed by atoms with van der Waals surface area (Å²) in [6.07, 6.45) is 0. The lowest BCUT2D eigenvalue weighted by Gasteiger charge is -2.13. The predicted molar refractivity (Wildman–Crippen MR) is 85.0 cm³/mol. The van der Waals surface area contributed by atoms with Crippen molar-refractivity contribution in [3.05, 3.63) is 64.7 Å². The van der Waals surface area contributed by atoms with E-state index in [0.29, 0.717) is 11.6 Å². The summed E-state index contributed by atoms with van der Waals surface area (Å²) >= 11 is 6.11. The molecule has 0 aliphatic heterocycles. The van der Waals surface area contributed by atoms with Crippen LogP contribution >= 0.6 is 11.6 Å². The second-order valence-electron chi connectivity index (χ2n) is 4.26. The predicted octanol–water partition coefficient (Wildman–Crippen LogP) is 3.21. The third-order valence-corrected chi connectivity index (χ3v) is 3.16. The molecule has 4 heteroatoms. The lowest BCUT2D eigenvalue weighted by atomic mass is 10.0. The van der Waals surface area contributed by atoms with Crippen molar-refractivity contribution in [3.63, 3.8) is 0 Å². The molecule has 0 spiro atoms. The van der Waals surface area contributed by atoms with Gasteiger partial charge in [0, 0.05) is 28.9 Å². The Morgan fingerprint density at radius 1 is 1.20 bits per heavy atom. The van der Waals surface area contributed by atoms with Crippen molar-refractivity contribution in [2.24, 2.45) is 4.99 Å². The lowest BCUT2D eigenvalue weighted by Crippen LogP contribution is -2.09. The van der Waals surface area contributed by atoms with Crippen LogP contribution in [0.15, 0.2) is 53.5 Å². The SMILES string of the molecule is CNc1ccc(Cl)cc1C(=NCCO)c1ccccc1. The van der Waals surface area contributed by atoms with Gasteiger partial charge in [0.2, 0.25) is 0 Å². The van der Waals surface area contributed by atoms with Gasteiger partial charge in [-0.25, -0.2) is 0 Å². The Morgan fingerprint density at radius 2 is 1.95 bits per heavy atom. The van der Waals surface area contributed by atoms with Crippen molar-refractivity contribution in [1.82, 2.24) is 0 Å². The maximum Gasteiger partial charge on any atom is 0.0741 e. The zero-order valence-corrected chi connectivity index (χ0v) is 12.1. The first-order chi connectivity index (χ1) is 9.76. The number of nitrogens with one attached hydrogen (secondary N) is 1. The number of halogens is 1. The summed E-state index contributed by atoms with van der Waals surface area (Å²) in [5.41, 5.74) is 3.71. The molecule has 0 aliphatic rings. The number of anilines is 1. The molecule has 2 rings (SSSR count). The number of aliphatic hydroxyl groups excluding tert-OH is 1. The molecule has 0 amide bonds. The minimum absolute atomic E-state index is 0.0196. The average Bonchev–Trinajstić information content (AvgIpc) is 2.49. The summed E-state index contributed by atoms with van der Waals surface area (Å²) < 4.78 is 0. The fraction of sp³-hybridized carbons (Fsp3) is 0.188. The van der Waals surface area contributed by atoms with Gasteiger partial charge in [-0.2, -0.15) is 0 Å². The van der Waals surface area contributed by atoms with Crippen LogP contribution in [0.1, 0.15) is 11.1 Å². The summed E-state index contributed by atoms with van der Waals surface area (Å²) in [4.78, 5) is 4.50. The van der Waals surface area contributed by atoms with Crippen LogP contribution in [-0.4, -0.2) is 31.0 Å². The molecule has 0 heterocycles. The van der Waals surface area contributed by atoms with Gasteiger partial charge < -0.3 is 10.4 Å². The minimum Gasteiger partial charge on any atom is -0.394 e. The molecule has 104 valence electrons. The largest absolute Gasteiger partial charge is 0.394 e. The van der Waals surface area contributed by atoms with Gasteiger partial charge >= 0.3 is 0 Å². The Bertz CT molecular complexity index is 597. The van der Waals surface area contributed by atoms with Gasteiger partial charge in [-0.15, -0.1) is 0 Å². The quantitative estimate of drug-likeness (QED) is 0.830. The van der Waals surface area contributed by atoms with Crippen molar-refractivity contribution >= 4 is 23.0 Å². The second-order valence-corrected chi connectivity index (χ2v) is 4.70. The summed E-state index contributed by atoms with van der Waals surface area (Å²) in [7, 11) is 1.86. The Labute approximate surface area is 123 Å². The molecule has 0 bridgehead atoms. The van der Waals surface area contributed by atoms with Gasteiger partial charge in [-0.1, -0.05) is 41.9 Å². The molecule has 0 saturated heterocycles. The highest BCUT2D eigenvalue weighted by atomic mass is 35.5. The van der Waals surface area contributed by atoms with Crippen LogP contribution in [0.3, 0.4) is 0 Å². The third kappa shape index (κ3) is 3.38. The molecule has 20 heavy (non-hydrogen) atoms. The number of aliphatic hydroxyl groups is 1. The zero-order chi connectivity index (χ0) is 14.4. The van der Waals surface area contributed by atoms with E-state index in [9.17, 15) is 0 Å². The highest BCUT2D eigenvalue weighted by Gasteiger charge is 2.11. The van der Waals surface area contributed by atoms with Crippen LogP contribution in [0.2, 0.25) is 5.02 Å². The molecular weight excluding hydrogens is 272 g/mol. The molecule has 0 aromatic heterocycles. The Balaban J connectivity index is 2.55. The molecule has 2 aromatic carbocycles. The molecule has 2 N–H and O–H groups in total. The standard InChI is InChI=1S/C16H17ClN2O/c1-18-15-8-7-13(17)11-14(15)16(19-9-10-20)12-5-3-2-4-6-12/h2-8,11,18,20H,9-10H2,1H3. The molecule has 0 unspecified atom stereocenters. The van der Waals surface area contributed by atoms with Gasteiger partial charge in [0.15, 0.2) is 0 Å². The highest BCUT2D eigenvalue weighted by molar-refractivity contribution is 6.31. The Morgan fingerprint density at radius 3 is 2.60 bits per heavy atom. The van der Waals surface area contributed by atoms with Crippen LogP contribution in [-0.2, 0) is 0 Å². The molecule has 0 fully saturated rings.